The highest BCUT2D eigenvalue weighted by Crippen LogP contribution is 2.37. The predicted octanol–water partition coefficient (Wildman–Crippen LogP) is 5.01. The summed E-state index contributed by atoms with van der Waals surface area (Å²) < 4.78 is 21.8. The van der Waals surface area contributed by atoms with Crippen LogP contribution in [-0.2, 0) is 4.79 Å². The van der Waals surface area contributed by atoms with Crippen LogP contribution in [0.1, 0.15) is 48.5 Å². The number of benzene rings is 1. The van der Waals surface area contributed by atoms with Crippen LogP contribution in [0.4, 0.5) is 10.2 Å². The number of ether oxygens (including phenoxy) is 1. The first kappa shape index (κ1) is 19.4. The number of rotatable bonds is 5. The minimum atomic E-state index is -0.545. The second-order valence-corrected chi connectivity index (χ2v) is 7.68. The van der Waals surface area contributed by atoms with Gasteiger partial charge in [-0.05, 0) is 50.5 Å². The third kappa shape index (κ3) is 4.01. The van der Waals surface area contributed by atoms with E-state index in [-0.39, 0.29) is 18.4 Å². The lowest BCUT2D eigenvalue weighted by Gasteiger charge is -2.19. The molecule has 142 valence electrons. The van der Waals surface area contributed by atoms with Gasteiger partial charge >= 0.3 is 0 Å². The van der Waals surface area contributed by atoms with Crippen molar-refractivity contribution in [1.29, 1.82) is 5.26 Å². The van der Waals surface area contributed by atoms with Gasteiger partial charge in [-0.1, -0.05) is 28.8 Å². The smallest absolute Gasteiger partial charge is 0.263 e. The molecule has 3 rings (SSSR count). The molecule has 1 aromatic carbocycles. The molecule has 1 amide bonds. The largest absolute Gasteiger partial charge is 0.481 e. The molecule has 1 aromatic heterocycles. The molecule has 0 radical (unpaired) electrons. The van der Waals surface area contributed by atoms with Crippen molar-refractivity contribution in [3.8, 4) is 11.8 Å². The Hall–Kier alpha value is -2.33. The Bertz CT molecular complexity index is 911. The second-order valence-electron chi connectivity index (χ2n) is 6.77. The van der Waals surface area contributed by atoms with Crippen LogP contribution >= 0.6 is 15.9 Å². The van der Waals surface area contributed by atoms with E-state index in [1.165, 1.54) is 12.1 Å². The fraction of sp³-hybridized carbons (Fsp3) is 0.400. The molecule has 1 N–H and O–H groups in total. The van der Waals surface area contributed by atoms with E-state index in [1.807, 2.05) is 13.8 Å². The van der Waals surface area contributed by atoms with E-state index in [9.17, 15) is 14.4 Å². The quantitative estimate of drug-likeness (QED) is 0.720. The molecule has 0 atom stereocenters. The van der Waals surface area contributed by atoms with Gasteiger partial charge in [0.05, 0.1) is 5.56 Å². The molecule has 7 heteroatoms. The monoisotopic (exact) mass is 433 g/mol. The van der Waals surface area contributed by atoms with E-state index in [0.29, 0.717) is 15.9 Å². The normalized spacial score (nSPS) is 14.2. The molecule has 0 aliphatic heterocycles. The van der Waals surface area contributed by atoms with Crippen molar-refractivity contribution in [2.45, 2.75) is 45.6 Å². The molecule has 2 aromatic rings. The van der Waals surface area contributed by atoms with Crippen LogP contribution in [0.3, 0.4) is 0 Å². The third-order valence-corrected chi connectivity index (χ3v) is 5.56. The van der Waals surface area contributed by atoms with Crippen LogP contribution in [0, 0.1) is 31.0 Å². The van der Waals surface area contributed by atoms with Crippen LogP contribution in [0.2, 0.25) is 0 Å². The van der Waals surface area contributed by atoms with Crippen molar-refractivity contribution < 1.29 is 13.9 Å². The molecule has 0 saturated heterocycles. The van der Waals surface area contributed by atoms with Crippen LogP contribution in [-0.4, -0.2) is 17.1 Å². The molecule has 1 aliphatic rings. The molecule has 1 aliphatic carbocycles. The SMILES string of the molecule is Cc1c(C#N)c(NC(=O)COc2ccc(Br)cc2F)n(C2CCCC2)c1C. The van der Waals surface area contributed by atoms with E-state index >= 15 is 0 Å². The molecule has 1 heterocycles. The number of nitriles is 1. The lowest BCUT2D eigenvalue weighted by Crippen LogP contribution is -2.23. The first-order valence-corrected chi connectivity index (χ1v) is 9.70. The van der Waals surface area contributed by atoms with Gasteiger partial charge in [-0.2, -0.15) is 5.26 Å². The number of carbonyl (C=O) groups is 1. The summed E-state index contributed by atoms with van der Waals surface area (Å²) in [6.45, 7) is 3.53. The highest BCUT2D eigenvalue weighted by Gasteiger charge is 2.26. The van der Waals surface area contributed by atoms with Crippen molar-refractivity contribution >= 4 is 27.7 Å². The van der Waals surface area contributed by atoms with E-state index in [4.69, 9.17) is 4.74 Å². The highest BCUT2D eigenvalue weighted by atomic mass is 79.9. The van der Waals surface area contributed by atoms with Gasteiger partial charge in [0.15, 0.2) is 18.2 Å². The fourth-order valence-electron chi connectivity index (χ4n) is 3.61. The lowest BCUT2D eigenvalue weighted by molar-refractivity contribution is -0.118. The number of halogens is 2. The Kier molecular flexibility index (Phi) is 5.85. The van der Waals surface area contributed by atoms with Crippen molar-refractivity contribution in [2.75, 3.05) is 11.9 Å². The first-order valence-electron chi connectivity index (χ1n) is 8.91. The number of amides is 1. The summed E-state index contributed by atoms with van der Waals surface area (Å²) in [6, 6.07) is 6.86. The molecule has 27 heavy (non-hydrogen) atoms. The summed E-state index contributed by atoms with van der Waals surface area (Å²) in [7, 11) is 0. The molecule has 5 nitrogen and oxygen atoms in total. The second kappa shape index (κ2) is 8.13. The standard InChI is InChI=1S/C20H21BrFN3O2/c1-12-13(2)25(15-5-3-4-6-15)20(16(12)10-23)24-19(26)11-27-18-8-7-14(21)9-17(18)22/h7-9,15H,3-6,11H2,1-2H3,(H,24,26). The van der Waals surface area contributed by atoms with Gasteiger partial charge in [0.1, 0.15) is 11.9 Å². The number of aromatic nitrogens is 1. The van der Waals surface area contributed by atoms with Crippen molar-refractivity contribution in [3.05, 3.63) is 45.3 Å². The maximum absolute atomic E-state index is 13.8. The predicted molar refractivity (Wildman–Crippen MR) is 104 cm³/mol. The third-order valence-electron chi connectivity index (χ3n) is 5.07. The average Bonchev–Trinajstić information content (AvgIpc) is 3.22. The number of anilines is 1. The van der Waals surface area contributed by atoms with Crippen molar-refractivity contribution in [2.24, 2.45) is 0 Å². The van der Waals surface area contributed by atoms with Crippen LogP contribution in [0.5, 0.6) is 5.75 Å². The minimum Gasteiger partial charge on any atom is -0.481 e. The molecule has 1 fully saturated rings. The summed E-state index contributed by atoms with van der Waals surface area (Å²) >= 11 is 3.18. The van der Waals surface area contributed by atoms with Crippen molar-refractivity contribution in [3.63, 3.8) is 0 Å². The van der Waals surface area contributed by atoms with E-state index in [2.05, 4.69) is 31.9 Å². The Balaban J connectivity index is 1.79. The average molecular weight is 434 g/mol. The van der Waals surface area contributed by atoms with Gasteiger partial charge in [0.25, 0.3) is 5.91 Å². The minimum absolute atomic E-state index is 0.00685. The van der Waals surface area contributed by atoms with E-state index < -0.39 is 11.7 Å². The Morgan fingerprint density at radius 1 is 1.41 bits per heavy atom. The zero-order valence-corrected chi connectivity index (χ0v) is 16.9. The zero-order chi connectivity index (χ0) is 19.6. The molecule has 0 unspecified atom stereocenters. The van der Waals surface area contributed by atoms with E-state index in [1.54, 1.807) is 6.07 Å². The van der Waals surface area contributed by atoms with Gasteiger partial charge < -0.3 is 14.6 Å². The number of hydrogen-bond acceptors (Lipinski definition) is 3. The molecule has 1 saturated carbocycles. The summed E-state index contributed by atoms with van der Waals surface area (Å²) in [5, 5.41) is 12.4. The number of nitrogens with one attached hydrogen (secondary N) is 1. The molecule has 0 spiro atoms. The van der Waals surface area contributed by atoms with E-state index in [0.717, 1.165) is 36.9 Å². The fourth-order valence-corrected chi connectivity index (χ4v) is 3.94. The Morgan fingerprint density at radius 2 is 2.11 bits per heavy atom. The van der Waals surface area contributed by atoms with Gasteiger partial charge in [-0.3, -0.25) is 4.79 Å². The summed E-state index contributed by atoms with van der Waals surface area (Å²) in [6.07, 6.45) is 4.34. The highest BCUT2D eigenvalue weighted by molar-refractivity contribution is 9.10. The van der Waals surface area contributed by atoms with Crippen LogP contribution in [0.25, 0.3) is 0 Å². The van der Waals surface area contributed by atoms with Gasteiger partial charge in [0, 0.05) is 16.2 Å². The number of carbonyl (C=O) groups excluding carboxylic acids is 1. The molecule has 0 bridgehead atoms. The first-order chi connectivity index (χ1) is 12.9. The lowest BCUT2D eigenvalue weighted by atomic mass is 10.2. The number of nitrogens with zero attached hydrogens (tertiary/aromatic N) is 2. The summed E-state index contributed by atoms with van der Waals surface area (Å²) in [5.41, 5.74) is 2.34. The van der Waals surface area contributed by atoms with Gasteiger partial charge in [-0.25, -0.2) is 4.39 Å². The Labute approximate surface area is 166 Å². The summed E-state index contributed by atoms with van der Waals surface area (Å²) in [4.78, 5) is 12.4. The van der Waals surface area contributed by atoms with Crippen LogP contribution in [0.15, 0.2) is 22.7 Å². The maximum atomic E-state index is 13.8. The topological polar surface area (TPSA) is 67.1 Å². The summed E-state index contributed by atoms with van der Waals surface area (Å²) in [5.74, 6) is -0.446. The van der Waals surface area contributed by atoms with Gasteiger partial charge in [-0.15, -0.1) is 0 Å². The zero-order valence-electron chi connectivity index (χ0n) is 15.3. The molecular formula is C20H21BrFN3O2. The maximum Gasteiger partial charge on any atom is 0.263 e. The van der Waals surface area contributed by atoms with Gasteiger partial charge in [0.2, 0.25) is 0 Å². The number of hydrogen-bond donors (Lipinski definition) is 1. The van der Waals surface area contributed by atoms with Crippen LogP contribution < -0.4 is 10.1 Å². The van der Waals surface area contributed by atoms with Crippen molar-refractivity contribution in [1.82, 2.24) is 4.57 Å². The molecular weight excluding hydrogens is 413 g/mol. The Morgan fingerprint density at radius 3 is 2.74 bits per heavy atom.